The largest absolute Gasteiger partial charge is 0.198 e. The molecule has 0 aromatic rings. The van der Waals surface area contributed by atoms with Crippen molar-refractivity contribution in [2.24, 2.45) is 5.41 Å². The third kappa shape index (κ3) is 2.15. The number of rotatable bonds is 2. The standard InChI is InChI=1S/C7H10N2/c1-3-7(2,6-9)4-5-8/h3-4H2,1-2H3/t7-/m1/s1. The topological polar surface area (TPSA) is 47.6 Å². The van der Waals surface area contributed by atoms with Crippen LogP contribution in [0.5, 0.6) is 0 Å². The van der Waals surface area contributed by atoms with Crippen molar-refractivity contribution < 1.29 is 0 Å². The van der Waals surface area contributed by atoms with Crippen LogP contribution in [0.25, 0.3) is 0 Å². The van der Waals surface area contributed by atoms with Crippen LogP contribution in [-0.4, -0.2) is 0 Å². The molecule has 0 amide bonds. The van der Waals surface area contributed by atoms with E-state index in [1.807, 2.05) is 13.0 Å². The van der Waals surface area contributed by atoms with Crippen LogP contribution in [0.2, 0.25) is 0 Å². The molecule has 48 valence electrons. The highest BCUT2D eigenvalue weighted by molar-refractivity contribution is 4.99. The summed E-state index contributed by atoms with van der Waals surface area (Å²) in [6.07, 6.45) is 1.08. The van der Waals surface area contributed by atoms with E-state index in [1.54, 1.807) is 6.92 Å². The number of nitriles is 2. The minimum Gasteiger partial charge on any atom is -0.198 e. The Morgan fingerprint density at radius 1 is 1.44 bits per heavy atom. The highest BCUT2D eigenvalue weighted by Gasteiger charge is 2.19. The predicted octanol–water partition coefficient (Wildman–Crippen LogP) is 1.84. The summed E-state index contributed by atoms with van der Waals surface area (Å²) < 4.78 is 0. The first kappa shape index (κ1) is 7.98. The van der Waals surface area contributed by atoms with Crippen LogP contribution in [0.3, 0.4) is 0 Å². The van der Waals surface area contributed by atoms with E-state index in [1.165, 1.54) is 0 Å². The van der Waals surface area contributed by atoms with Gasteiger partial charge in [-0.05, 0) is 13.3 Å². The van der Waals surface area contributed by atoms with E-state index >= 15 is 0 Å². The average molecular weight is 122 g/mol. The lowest BCUT2D eigenvalue weighted by molar-refractivity contribution is 0.436. The molecule has 0 radical (unpaired) electrons. The summed E-state index contributed by atoms with van der Waals surface area (Å²) in [5.41, 5.74) is -0.422. The molecule has 0 bridgehead atoms. The molecule has 0 aliphatic heterocycles. The Morgan fingerprint density at radius 3 is 2.11 bits per heavy atom. The summed E-state index contributed by atoms with van der Waals surface area (Å²) in [5, 5.41) is 16.8. The average Bonchev–Trinajstić information content (AvgIpc) is 1.89. The number of nitrogens with zero attached hydrogens (tertiary/aromatic N) is 2. The van der Waals surface area contributed by atoms with Gasteiger partial charge in [0.1, 0.15) is 0 Å². The van der Waals surface area contributed by atoms with Crippen LogP contribution in [0, 0.1) is 28.1 Å². The molecule has 0 aliphatic rings. The maximum Gasteiger partial charge on any atom is 0.0697 e. The highest BCUT2D eigenvalue weighted by atomic mass is 14.3. The first-order chi connectivity index (χ1) is 4.18. The van der Waals surface area contributed by atoms with E-state index in [-0.39, 0.29) is 0 Å². The Balaban J connectivity index is 4.01. The molecule has 0 aliphatic carbocycles. The molecule has 0 fully saturated rings. The molecular weight excluding hydrogens is 112 g/mol. The van der Waals surface area contributed by atoms with E-state index in [0.29, 0.717) is 6.42 Å². The number of hydrogen-bond donors (Lipinski definition) is 0. The second-order valence-electron chi connectivity index (χ2n) is 2.36. The fourth-order valence-corrected chi connectivity index (χ4v) is 0.418. The van der Waals surface area contributed by atoms with Crippen LogP contribution in [0.15, 0.2) is 0 Å². The monoisotopic (exact) mass is 122 g/mol. The van der Waals surface area contributed by atoms with Crippen molar-refractivity contribution in [2.75, 3.05) is 0 Å². The van der Waals surface area contributed by atoms with Gasteiger partial charge in [0.15, 0.2) is 0 Å². The Kier molecular flexibility index (Phi) is 2.74. The molecule has 9 heavy (non-hydrogen) atoms. The van der Waals surface area contributed by atoms with Gasteiger partial charge in [0.05, 0.1) is 24.0 Å². The van der Waals surface area contributed by atoms with Crippen molar-refractivity contribution in [3.8, 4) is 12.1 Å². The Morgan fingerprint density at radius 2 is 2.00 bits per heavy atom. The van der Waals surface area contributed by atoms with Crippen molar-refractivity contribution in [3.63, 3.8) is 0 Å². The van der Waals surface area contributed by atoms with Gasteiger partial charge in [0.2, 0.25) is 0 Å². The van der Waals surface area contributed by atoms with Crippen LogP contribution in [0.4, 0.5) is 0 Å². The minimum atomic E-state index is -0.422. The Hall–Kier alpha value is -1.02. The summed E-state index contributed by atoms with van der Waals surface area (Å²) in [5.74, 6) is 0. The van der Waals surface area contributed by atoms with Crippen molar-refractivity contribution in [2.45, 2.75) is 26.7 Å². The maximum absolute atomic E-state index is 8.52. The minimum absolute atomic E-state index is 0.333. The van der Waals surface area contributed by atoms with E-state index < -0.39 is 5.41 Å². The van der Waals surface area contributed by atoms with E-state index in [9.17, 15) is 0 Å². The molecule has 0 spiro atoms. The zero-order valence-corrected chi connectivity index (χ0v) is 5.81. The lowest BCUT2D eigenvalue weighted by Crippen LogP contribution is -2.10. The quantitative estimate of drug-likeness (QED) is 0.561. The molecular formula is C7H10N2. The second-order valence-corrected chi connectivity index (χ2v) is 2.36. The molecule has 0 N–H and O–H groups in total. The molecule has 2 heteroatoms. The van der Waals surface area contributed by atoms with Gasteiger partial charge in [0, 0.05) is 0 Å². The normalized spacial score (nSPS) is 15.1. The van der Waals surface area contributed by atoms with Crippen LogP contribution in [-0.2, 0) is 0 Å². The van der Waals surface area contributed by atoms with Crippen molar-refractivity contribution >= 4 is 0 Å². The maximum atomic E-state index is 8.52. The molecule has 0 heterocycles. The molecule has 0 aromatic carbocycles. The van der Waals surface area contributed by atoms with Crippen LogP contribution >= 0.6 is 0 Å². The van der Waals surface area contributed by atoms with E-state index in [2.05, 4.69) is 6.07 Å². The predicted molar refractivity (Wildman–Crippen MR) is 34.2 cm³/mol. The fourth-order valence-electron chi connectivity index (χ4n) is 0.418. The van der Waals surface area contributed by atoms with Gasteiger partial charge in [-0.2, -0.15) is 10.5 Å². The molecule has 2 nitrogen and oxygen atoms in total. The van der Waals surface area contributed by atoms with Gasteiger partial charge in [0.25, 0.3) is 0 Å². The van der Waals surface area contributed by atoms with Gasteiger partial charge in [-0.15, -0.1) is 0 Å². The Labute approximate surface area is 55.7 Å². The van der Waals surface area contributed by atoms with Crippen LogP contribution < -0.4 is 0 Å². The summed E-state index contributed by atoms with van der Waals surface area (Å²) in [4.78, 5) is 0. The Bertz CT molecular complexity index is 161. The van der Waals surface area contributed by atoms with Gasteiger partial charge in [-0.1, -0.05) is 6.92 Å². The number of hydrogen-bond acceptors (Lipinski definition) is 2. The zero-order chi connectivity index (χ0) is 7.33. The van der Waals surface area contributed by atoms with Crippen molar-refractivity contribution in [1.29, 1.82) is 10.5 Å². The molecule has 0 aromatic heterocycles. The highest BCUT2D eigenvalue weighted by Crippen LogP contribution is 2.22. The van der Waals surface area contributed by atoms with Crippen molar-refractivity contribution in [1.82, 2.24) is 0 Å². The lowest BCUT2D eigenvalue weighted by Gasteiger charge is -2.12. The second kappa shape index (κ2) is 3.10. The summed E-state index contributed by atoms with van der Waals surface area (Å²) in [6.45, 7) is 3.72. The summed E-state index contributed by atoms with van der Waals surface area (Å²) in [6, 6.07) is 4.09. The molecule has 0 rings (SSSR count). The zero-order valence-electron chi connectivity index (χ0n) is 5.81. The van der Waals surface area contributed by atoms with Gasteiger partial charge in [-0.3, -0.25) is 0 Å². The van der Waals surface area contributed by atoms with Gasteiger partial charge >= 0.3 is 0 Å². The van der Waals surface area contributed by atoms with Gasteiger partial charge in [-0.25, -0.2) is 0 Å². The van der Waals surface area contributed by atoms with Crippen molar-refractivity contribution in [3.05, 3.63) is 0 Å². The SMILES string of the molecule is CC[C@@](C)(C#N)CC#N. The first-order valence-corrected chi connectivity index (χ1v) is 2.96. The fraction of sp³-hybridized carbons (Fsp3) is 0.714. The third-order valence-corrected chi connectivity index (χ3v) is 1.52. The molecule has 1 atom stereocenters. The van der Waals surface area contributed by atoms with Crippen LogP contribution in [0.1, 0.15) is 26.7 Å². The summed E-state index contributed by atoms with van der Waals surface area (Å²) in [7, 11) is 0. The van der Waals surface area contributed by atoms with E-state index in [0.717, 1.165) is 6.42 Å². The first-order valence-electron chi connectivity index (χ1n) is 2.96. The molecule has 0 saturated carbocycles. The summed E-state index contributed by atoms with van der Waals surface area (Å²) >= 11 is 0. The lowest BCUT2D eigenvalue weighted by atomic mass is 9.87. The third-order valence-electron chi connectivity index (χ3n) is 1.52. The molecule has 0 unspecified atom stereocenters. The molecule has 0 saturated heterocycles. The van der Waals surface area contributed by atoms with E-state index in [4.69, 9.17) is 10.5 Å². The van der Waals surface area contributed by atoms with Gasteiger partial charge < -0.3 is 0 Å². The smallest absolute Gasteiger partial charge is 0.0697 e.